The van der Waals surface area contributed by atoms with E-state index in [-0.39, 0.29) is 5.91 Å². The van der Waals surface area contributed by atoms with Gasteiger partial charge in [-0.15, -0.1) is 0 Å². The monoisotopic (exact) mass is 324 g/mol. The molecule has 1 aliphatic rings. The molecule has 0 unspecified atom stereocenters. The van der Waals surface area contributed by atoms with Gasteiger partial charge in [0.25, 0.3) is 5.91 Å². The first-order valence-corrected chi connectivity index (χ1v) is 8.24. The van der Waals surface area contributed by atoms with Crippen molar-refractivity contribution in [3.8, 4) is 0 Å². The summed E-state index contributed by atoms with van der Waals surface area (Å²) in [5.74, 6) is 1.40. The van der Waals surface area contributed by atoms with Gasteiger partial charge in [0.2, 0.25) is 0 Å². The second kappa shape index (κ2) is 5.74. The molecule has 24 heavy (non-hydrogen) atoms. The van der Waals surface area contributed by atoms with Crippen LogP contribution in [-0.2, 0) is 0 Å². The molecule has 0 aromatic carbocycles. The Morgan fingerprint density at radius 2 is 2.04 bits per heavy atom. The van der Waals surface area contributed by atoms with Gasteiger partial charge in [0, 0.05) is 48.9 Å². The number of nitrogens with zero attached hydrogens (tertiary/aromatic N) is 5. The highest BCUT2D eigenvalue weighted by Gasteiger charge is 2.27. The largest absolute Gasteiger partial charge is 0.348 e. The van der Waals surface area contributed by atoms with Crippen LogP contribution in [0.3, 0.4) is 0 Å². The number of piperidine rings is 1. The highest BCUT2D eigenvalue weighted by molar-refractivity contribution is 5.93. The quantitative estimate of drug-likeness (QED) is 0.783. The second-order valence-electron chi connectivity index (χ2n) is 6.38. The summed E-state index contributed by atoms with van der Waals surface area (Å²) in [7, 11) is 0. The van der Waals surface area contributed by atoms with Gasteiger partial charge in [-0.2, -0.15) is 5.10 Å². The van der Waals surface area contributed by atoms with Gasteiger partial charge in [0.05, 0.1) is 0 Å². The first kappa shape index (κ1) is 14.9. The van der Waals surface area contributed by atoms with Crippen molar-refractivity contribution < 1.29 is 4.79 Å². The number of imidazole rings is 1. The maximum Gasteiger partial charge on any atom is 0.274 e. The Kier molecular flexibility index (Phi) is 3.55. The van der Waals surface area contributed by atoms with Gasteiger partial charge >= 0.3 is 0 Å². The van der Waals surface area contributed by atoms with Crippen LogP contribution in [0.2, 0.25) is 0 Å². The number of likely N-dealkylation sites (tertiary alicyclic amines) is 1. The van der Waals surface area contributed by atoms with Crippen LogP contribution in [0.25, 0.3) is 5.65 Å². The van der Waals surface area contributed by atoms with Crippen molar-refractivity contribution in [1.82, 2.24) is 29.5 Å². The van der Waals surface area contributed by atoms with Crippen LogP contribution in [0.15, 0.2) is 24.5 Å². The predicted molar refractivity (Wildman–Crippen MR) is 88.9 cm³/mol. The Morgan fingerprint density at radius 1 is 1.25 bits per heavy atom. The van der Waals surface area contributed by atoms with E-state index >= 15 is 0 Å². The van der Waals surface area contributed by atoms with Crippen molar-refractivity contribution in [1.29, 1.82) is 0 Å². The van der Waals surface area contributed by atoms with Crippen LogP contribution in [-0.4, -0.2) is 48.5 Å². The number of amides is 1. The maximum atomic E-state index is 12.8. The van der Waals surface area contributed by atoms with Gasteiger partial charge in [-0.1, -0.05) is 0 Å². The lowest BCUT2D eigenvalue weighted by Crippen LogP contribution is -2.38. The molecule has 124 valence electrons. The van der Waals surface area contributed by atoms with E-state index in [4.69, 9.17) is 0 Å². The third kappa shape index (κ3) is 2.55. The predicted octanol–water partition coefficient (Wildman–Crippen LogP) is 2.09. The van der Waals surface area contributed by atoms with Crippen molar-refractivity contribution in [3.05, 3.63) is 47.4 Å². The van der Waals surface area contributed by atoms with Crippen LogP contribution in [0.4, 0.5) is 0 Å². The molecule has 1 fully saturated rings. The van der Waals surface area contributed by atoms with Crippen LogP contribution in [0, 0.1) is 13.8 Å². The van der Waals surface area contributed by atoms with E-state index in [9.17, 15) is 4.79 Å². The summed E-state index contributed by atoms with van der Waals surface area (Å²) in [6.45, 7) is 5.37. The molecule has 3 aromatic heterocycles. The molecule has 1 amide bonds. The molecule has 4 heterocycles. The Bertz CT molecular complexity index is 874. The zero-order valence-corrected chi connectivity index (χ0v) is 13.9. The number of carbonyl (C=O) groups is 1. The first-order valence-electron chi connectivity index (χ1n) is 8.24. The van der Waals surface area contributed by atoms with E-state index in [1.165, 1.54) is 0 Å². The van der Waals surface area contributed by atoms with Crippen LogP contribution < -0.4 is 0 Å². The zero-order valence-electron chi connectivity index (χ0n) is 13.9. The molecule has 4 rings (SSSR count). The molecule has 0 bridgehead atoms. The summed E-state index contributed by atoms with van der Waals surface area (Å²) in [5.41, 5.74) is 3.10. The van der Waals surface area contributed by atoms with E-state index in [1.54, 1.807) is 16.8 Å². The van der Waals surface area contributed by atoms with E-state index in [0.29, 0.717) is 11.6 Å². The normalized spacial score (nSPS) is 16.0. The van der Waals surface area contributed by atoms with Gasteiger partial charge in [-0.3, -0.25) is 4.79 Å². The van der Waals surface area contributed by atoms with Gasteiger partial charge in [-0.25, -0.2) is 14.5 Å². The average Bonchev–Trinajstić information content (AvgIpc) is 3.24. The fourth-order valence-corrected chi connectivity index (χ4v) is 3.41. The van der Waals surface area contributed by atoms with Crippen LogP contribution in [0.5, 0.6) is 0 Å². The van der Waals surface area contributed by atoms with E-state index in [2.05, 4.69) is 20.1 Å². The minimum atomic E-state index is -0.0181. The molecule has 1 N–H and O–H groups in total. The van der Waals surface area contributed by atoms with Crippen molar-refractivity contribution in [2.45, 2.75) is 32.6 Å². The lowest BCUT2D eigenvalue weighted by molar-refractivity contribution is 0.0705. The fourth-order valence-electron chi connectivity index (χ4n) is 3.41. The molecule has 0 aliphatic carbocycles. The molecule has 0 saturated carbocycles. The van der Waals surface area contributed by atoms with Crippen molar-refractivity contribution in [2.24, 2.45) is 0 Å². The van der Waals surface area contributed by atoms with Gasteiger partial charge in [-0.05, 0) is 32.8 Å². The third-order valence-electron chi connectivity index (χ3n) is 4.64. The number of hydrogen-bond acceptors (Lipinski definition) is 4. The standard InChI is InChI=1S/C17H20N6O/c1-11-9-12(2)23-15(20-11)10-14(21-23)17(24)22-7-3-13(4-8-22)16-18-5-6-19-16/h5-6,9-10,13H,3-4,7-8H2,1-2H3,(H,18,19). The maximum absolute atomic E-state index is 12.8. The average molecular weight is 324 g/mol. The Balaban J connectivity index is 1.51. The SMILES string of the molecule is Cc1cc(C)n2nc(C(=O)N3CCC(c4ncc[nH]4)CC3)cc2n1. The van der Waals surface area contributed by atoms with Crippen LogP contribution in [0.1, 0.15) is 46.5 Å². The summed E-state index contributed by atoms with van der Waals surface area (Å²) in [6.07, 6.45) is 5.47. The molecule has 1 aliphatic heterocycles. The lowest BCUT2D eigenvalue weighted by Gasteiger charge is -2.30. The minimum absolute atomic E-state index is 0.0181. The summed E-state index contributed by atoms with van der Waals surface area (Å²) in [4.78, 5) is 26.6. The van der Waals surface area contributed by atoms with Crippen molar-refractivity contribution in [3.63, 3.8) is 0 Å². The molecule has 7 nitrogen and oxygen atoms in total. The Morgan fingerprint density at radius 3 is 2.75 bits per heavy atom. The number of aryl methyl sites for hydroxylation is 2. The number of hydrogen-bond donors (Lipinski definition) is 1. The van der Waals surface area contributed by atoms with Crippen LogP contribution >= 0.6 is 0 Å². The number of aromatic nitrogens is 5. The number of nitrogens with one attached hydrogen (secondary N) is 1. The first-order chi connectivity index (χ1) is 11.6. The smallest absolute Gasteiger partial charge is 0.274 e. The molecular weight excluding hydrogens is 304 g/mol. The number of rotatable bonds is 2. The second-order valence-corrected chi connectivity index (χ2v) is 6.38. The lowest BCUT2D eigenvalue weighted by atomic mass is 9.96. The molecule has 0 spiro atoms. The summed E-state index contributed by atoms with van der Waals surface area (Å²) >= 11 is 0. The minimum Gasteiger partial charge on any atom is -0.348 e. The van der Waals surface area contributed by atoms with Gasteiger partial charge in [0.15, 0.2) is 11.3 Å². The van der Waals surface area contributed by atoms with Crippen molar-refractivity contribution in [2.75, 3.05) is 13.1 Å². The fraction of sp³-hybridized carbons (Fsp3) is 0.412. The molecule has 7 heteroatoms. The van der Waals surface area contributed by atoms with Gasteiger partial charge < -0.3 is 9.88 Å². The summed E-state index contributed by atoms with van der Waals surface area (Å²) < 4.78 is 1.73. The van der Waals surface area contributed by atoms with Crippen molar-refractivity contribution >= 4 is 11.6 Å². The molecule has 0 radical (unpaired) electrons. The highest BCUT2D eigenvalue weighted by atomic mass is 16.2. The van der Waals surface area contributed by atoms with Gasteiger partial charge in [0.1, 0.15) is 5.82 Å². The summed E-state index contributed by atoms with van der Waals surface area (Å²) in [6, 6.07) is 3.74. The third-order valence-corrected chi connectivity index (χ3v) is 4.64. The van der Waals surface area contributed by atoms with E-state index in [1.807, 2.05) is 31.0 Å². The zero-order chi connectivity index (χ0) is 16.7. The molecule has 1 saturated heterocycles. The number of carbonyl (C=O) groups excluding carboxylic acids is 1. The Labute approximate surface area is 139 Å². The Hall–Kier alpha value is -2.70. The molecule has 0 atom stereocenters. The van der Waals surface area contributed by atoms with E-state index in [0.717, 1.165) is 48.8 Å². The highest BCUT2D eigenvalue weighted by Crippen LogP contribution is 2.26. The molecule has 3 aromatic rings. The molecular formula is C17H20N6O. The number of fused-ring (bicyclic) bond motifs is 1. The topological polar surface area (TPSA) is 79.2 Å². The van der Waals surface area contributed by atoms with E-state index < -0.39 is 0 Å². The summed E-state index contributed by atoms with van der Waals surface area (Å²) in [5, 5.41) is 4.44. The number of aromatic amines is 1. The number of H-pyrrole nitrogens is 1.